The van der Waals surface area contributed by atoms with Gasteiger partial charge in [0.05, 0.1) is 22.8 Å². The van der Waals surface area contributed by atoms with Crippen LogP contribution in [0.3, 0.4) is 0 Å². The predicted molar refractivity (Wildman–Crippen MR) is 120 cm³/mol. The molecule has 0 saturated carbocycles. The number of carbonyl (C=O) groups excluding carboxylic acids is 1. The Balaban J connectivity index is 1.15. The lowest BCUT2D eigenvalue weighted by Crippen LogP contribution is -2.40. The molecule has 2 aliphatic rings. The van der Waals surface area contributed by atoms with Crippen LogP contribution >= 0.6 is 11.3 Å². The number of thiazole rings is 1. The largest absolute Gasteiger partial charge is 0.462 e. The summed E-state index contributed by atoms with van der Waals surface area (Å²) in [5.41, 5.74) is 3.06. The molecule has 32 heavy (non-hydrogen) atoms. The van der Waals surface area contributed by atoms with Crippen LogP contribution in [0.15, 0.2) is 51.3 Å². The molecular formula is C23H24N2O5S2. The quantitative estimate of drug-likeness (QED) is 0.503. The number of rotatable bonds is 6. The van der Waals surface area contributed by atoms with Crippen molar-refractivity contribution in [2.45, 2.75) is 43.6 Å². The molecule has 1 aromatic carbocycles. The number of nitrogens with zero attached hydrogens (tertiary/aromatic N) is 2. The Morgan fingerprint density at radius 3 is 2.78 bits per heavy atom. The van der Waals surface area contributed by atoms with E-state index in [-0.39, 0.29) is 18.5 Å². The third-order valence-electron chi connectivity index (χ3n) is 6.14. The Morgan fingerprint density at radius 1 is 1.19 bits per heavy atom. The molecule has 0 unspecified atom stereocenters. The van der Waals surface area contributed by atoms with Gasteiger partial charge in [-0.15, -0.1) is 11.3 Å². The number of fused-ring (bicyclic) bond motifs is 1. The summed E-state index contributed by atoms with van der Waals surface area (Å²) >= 11 is 1.43. The fourth-order valence-corrected chi connectivity index (χ4v) is 6.63. The van der Waals surface area contributed by atoms with Gasteiger partial charge in [-0.3, -0.25) is 4.79 Å². The number of benzene rings is 1. The average molecular weight is 473 g/mol. The number of piperidine rings is 1. The van der Waals surface area contributed by atoms with E-state index in [1.165, 1.54) is 21.2 Å². The maximum Gasteiger partial charge on any atom is 0.309 e. The number of aryl methyl sites for hydroxylation is 2. The van der Waals surface area contributed by atoms with Crippen LogP contribution in [0, 0.1) is 5.92 Å². The van der Waals surface area contributed by atoms with Gasteiger partial charge in [0.25, 0.3) is 0 Å². The molecule has 9 heteroatoms. The average Bonchev–Trinajstić information content (AvgIpc) is 3.58. The molecule has 3 heterocycles. The van der Waals surface area contributed by atoms with E-state index in [1.807, 2.05) is 23.6 Å². The fourth-order valence-electron chi connectivity index (χ4n) is 4.34. The molecule has 0 spiro atoms. The van der Waals surface area contributed by atoms with Crippen LogP contribution in [0.4, 0.5) is 0 Å². The topological polar surface area (TPSA) is 89.7 Å². The molecule has 0 amide bonds. The lowest BCUT2D eigenvalue weighted by molar-refractivity contribution is -0.151. The molecule has 0 radical (unpaired) electrons. The smallest absolute Gasteiger partial charge is 0.309 e. The summed E-state index contributed by atoms with van der Waals surface area (Å²) in [6, 6.07) is 9.11. The van der Waals surface area contributed by atoms with E-state index in [2.05, 4.69) is 4.98 Å². The van der Waals surface area contributed by atoms with Gasteiger partial charge in [-0.05, 0) is 67.5 Å². The minimum absolute atomic E-state index is 0.101. The van der Waals surface area contributed by atoms with Crippen LogP contribution in [0.1, 0.15) is 36.1 Å². The minimum Gasteiger partial charge on any atom is -0.462 e. The molecular weight excluding hydrogens is 448 g/mol. The van der Waals surface area contributed by atoms with E-state index in [0.29, 0.717) is 42.3 Å². The van der Waals surface area contributed by atoms with Crippen LogP contribution in [0.25, 0.3) is 10.8 Å². The highest BCUT2D eigenvalue weighted by Crippen LogP contribution is 2.29. The van der Waals surface area contributed by atoms with Crippen molar-refractivity contribution in [3.63, 3.8) is 0 Å². The first-order chi connectivity index (χ1) is 15.5. The molecule has 7 nitrogen and oxygen atoms in total. The van der Waals surface area contributed by atoms with Crippen molar-refractivity contribution in [2.75, 3.05) is 13.1 Å². The van der Waals surface area contributed by atoms with Gasteiger partial charge in [0.1, 0.15) is 6.61 Å². The highest BCUT2D eigenvalue weighted by molar-refractivity contribution is 7.89. The molecule has 1 saturated heterocycles. The first kappa shape index (κ1) is 21.4. The van der Waals surface area contributed by atoms with Crippen molar-refractivity contribution < 1.29 is 22.4 Å². The maximum atomic E-state index is 13.1. The Hall–Kier alpha value is -2.49. The second-order valence-electron chi connectivity index (χ2n) is 8.19. The number of hydrogen-bond acceptors (Lipinski definition) is 7. The first-order valence-electron chi connectivity index (χ1n) is 10.8. The summed E-state index contributed by atoms with van der Waals surface area (Å²) in [7, 11) is -3.54. The van der Waals surface area contributed by atoms with Crippen LogP contribution in [-0.2, 0) is 39.0 Å². The molecule has 0 bridgehead atoms. The van der Waals surface area contributed by atoms with Gasteiger partial charge in [-0.1, -0.05) is 6.07 Å². The second kappa shape index (κ2) is 8.80. The molecule has 1 aliphatic heterocycles. The number of esters is 1. The molecule has 0 N–H and O–H groups in total. The van der Waals surface area contributed by atoms with Crippen LogP contribution in [-0.4, -0.2) is 36.8 Å². The zero-order valence-corrected chi connectivity index (χ0v) is 19.2. The number of sulfonamides is 1. The van der Waals surface area contributed by atoms with Gasteiger partial charge in [0.2, 0.25) is 10.0 Å². The van der Waals surface area contributed by atoms with E-state index >= 15 is 0 Å². The number of ether oxygens (including phenoxy) is 1. The van der Waals surface area contributed by atoms with Crippen LogP contribution in [0.2, 0.25) is 0 Å². The highest BCUT2D eigenvalue weighted by atomic mass is 32.2. The van der Waals surface area contributed by atoms with Crippen molar-refractivity contribution in [1.29, 1.82) is 0 Å². The zero-order chi connectivity index (χ0) is 22.1. The maximum absolute atomic E-state index is 13.1. The predicted octanol–water partition coefficient (Wildman–Crippen LogP) is 4.04. The summed E-state index contributed by atoms with van der Waals surface area (Å²) in [5.74, 6) is 0.0845. The van der Waals surface area contributed by atoms with Gasteiger partial charge >= 0.3 is 5.97 Å². The van der Waals surface area contributed by atoms with E-state index in [9.17, 15) is 13.2 Å². The van der Waals surface area contributed by atoms with E-state index in [1.54, 1.807) is 18.4 Å². The number of carbonyl (C=O) groups is 1. The standard InChI is InChI=1S/C23H24N2O5S2/c26-23(30-14-19-15-31-22(24-19)21-5-2-12-29-21)17-8-10-25(11-9-17)32(27,28)20-7-6-16-3-1-4-18(16)13-20/h2,5-7,12-13,15,17H,1,3-4,8-11,14H2. The Bertz CT molecular complexity index is 1210. The SMILES string of the molecule is O=C(OCc1csc(-c2ccco2)n1)C1CCN(S(=O)(=O)c2ccc3c(c2)CCC3)CC1. The van der Waals surface area contributed by atoms with E-state index < -0.39 is 10.0 Å². The molecule has 1 fully saturated rings. The number of aromatic nitrogens is 1. The second-order valence-corrected chi connectivity index (χ2v) is 11.0. The fraction of sp³-hybridized carbons (Fsp3) is 0.391. The Labute approximate surface area is 191 Å². The first-order valence-corrected chi connectivity index (χ1v) is 13.1. The van der Waals surface area contributed by atoms with Gasteiger partial charge < -0.3 is 9.15 Å². The van der Waals surface area contributed by atoms with Crippen molar-refractivity contribution in [1.82, 2.24) is 9.29 Å². The van der Waals surface area contributed by atoms with Crippen LogP contribution < -0.4 is 0 Å². The molecule has 3 aromatic rings. The van der Waals surface area contributed by atoms with Gasteiger partial charge in [-0.2, -0.15) is 4.31 Å². The third-order valence-corrected chi connectivity index (χ3v) is 8.94. The van der Waals surface area contributed by atoms with Crippen molar-refractivity contribution in [2.24, 2.45) is 5.92 Å². The molecule has 2 aromatic heterocycles. The summed E-state index contributed by atoms with van der Waals surface area (Å²) in [6.07, 6.45) is 5.54. The lowest BCUT2D eigenvalue weighted by Gasteiger charge is -2.30. The Kier molecular flexibility index (Phi) is 5.88. The summed E-state index contributed by atoms with van der Waals surface area (Å²) in [4.78, 5) is 17.3. The number of furan rings is 1. The van der Waals surface area contributed by atoms with Crippen LogP contribution in [0.5, 0.6) is 0 Å². The lowest BCUT2D eigenvalue weighted by atomic mass is 9.98. The molecule has 5 rings (SSSR count). The number of hydrogen-bond donors (Lipinski definition) is 0. The summed E-state index contributed by atoms with van der Waals surface area (Å²) < 4.78 is 38.4. The summed E-state index contributed by atoms with van der Waals surface area (Å²) in [6.45, 7) is 0.737. The minimum atomic E-state index is -3.54. The normalized spacial score (nSPS) is 17.4. The zero-order valence-electron chi connectivity index (χ0n) is 17.5. The van der Waals surface area contributed by atoms with Crippen molar-refractivity contribution in [3.05, 3.63) is 58.8 Å². The molecule has 0 atom stereocenters. The summed E-state index contributed by atoms with van der Waals surface area (Å²) in [5, 5.41) is 2.59. The van der Waals surface area contributed by atoms with Gasteiger partial charge in [0.15, 0.2) is 10.8 Å². The van der Waals surface area contributed by atoms with E-state index in [0.717, 1.165) is 29.8 Å². The Morgan fingerprint density at radius 2 is 2.00 bits per heavy atom. The van der Waals surface area contributed by atoms with E-state index in [4.69, 9.17) is 9.15 Å². The highest BCUT2D eigenvalue weighted by Gasteiger charge is 2.33. The third kappa shape index (κ3) is 4.24. The molecule has 168 valence electrons. The van der Waals surface area contributed by atoms with Crippen molar-refractivity contribution in [3.8, 4) is 10.8 Å². The molecule has 1 aliphatic carbocycles. The monoisotopic (exact) mass is 472 g/mol. The van der Waals surface area contributed by atoms with Crippen molar-refractivity contribution >= 4 is 27.3 Å². The van der Waals surface area contributed by atoms with Gasteiger partial charge in [0, 0.05) is 18.5 Å². The van der Waals surface area contributed by atoms with Gasteiger partial charge in [-0.25, -0.2) is 13.4 Å².